The zero-order chi connectivity index (χ0) is 14.5. The van der Waals surface area contributed by atoms with Crippen LogP contribution in [0.3, 0.4) is 0 Å². The van der Waals surface area contributed by atoms with Crippen molar-refractivity contribution in [3.8, 4) is 0 Å². The van der Waals surface area contributed by atoms with E-state index in [4.69, 9.17) is 5.11 Å². The summed E-state index contributed by atoms with van der Waals surface area (Å²) in [4.78, 5) is 11.0. The number of alkyl halides is 2. The van der Waals surface area contributed by atoms with E-state index in [0.29, 0.717) is 11.3 Å². The number of benzene rings is 1. The first-order chi connectivity index (χ1) is 9.56. The lowest BCUT2D eigenvalue weighted by Crippen LogP contribution is -2.07. The van der Waals surface area contributed by atoms with Gasteiger partial charge in [0.15, 0.2) is 0 Å². The van der Waals surface area contributed by atoms with Gasteiger partial charge in [-0.2, -0.15) is 5.10 Å². The fourth-order valence-electron chi connectivity index (χ4n) is 1.78. The van der Waals surface area contributed by atoms with E-state index >= 15 is 0 Å². The Morgan fingerprint density at radius 1 is 1.40 bits per heavy atom. The van der Waals surface area contributed by atoms with Gasteiger partial charge in [0.25, 0.3) is 6.43 Å². The van der Waals surface area contributed by atoms with Gasteiger partial charge in [-0.05, 0) is 11.6 Å². The number of carbonyl (C=O) groups is 1. The molecule has 1 aromatic heterocycles. The number of halogens is 2. The van der Waals surface area contributed by atoms with Gasteiger partial charge in [-0.3, -0.25) is 4.68 Å². The van der Waals surface area contributed by atoms with Crippen molar-refractivity contribution in [2.75, 3.05) is 5.32 Å². The number of rotatable bonds is 6. The second-order valence-corrected chi connectivity index (χ2v) is 4.16. The quantitative estimate of drug-likeness (QED) is 0.853. The molecule has 20 heavy (non-hydrogen) atoms. The van der Waals surface area contributed by atoms with E-state index in [1.54, 1.807) is 18.2 Å². The molecular formula is C13H13F2N3O2. The van der Waals surface area contributed by atoms with Gasteiger partial charge >= 0.3 is 5.97 Å². The van der Waals surface area contributed by atoms with Gasteiger partial charge in [0.1, 0.15) is 6.54 Å². The molecule has 0 saturated heterocycles. The van der Waals surface area contributed by atoms with Crippen molar-refractivity contribution in [2.45, 2.75) is 19.5 Å². The maximum Gasteiger partial charge on any atom is 0.336 e. The van der Waals surface area contributed by atoms with Gasteiger partial charge in [0, 0.05) is 12.7 Å². The number of carboxylic acids is 1. The fourth-order valence-corrected chi connectivity index (χ4v) is 1.78. The number of aromatic nitrogens is 2. The van der Waals surface area contributed by atoms with Crippen LogP contribution in [-0.2, 0) is 13.1 Å². The maximum atomic E-state index is 12.2. The molecule has 0 atom stereocenters. The van der Waals surface area contributed by atoms with Crippen LogP contribution in [-0.4, -0.2) is 27.3 Å². The average Bonchev–Trinajstić information content (AvgIpc) is 2.83. The maximum absolute atomic E-state index is 12.2. The zero-order valence-electron chi connectivity index (χ0n) is 10.5. The number of nitrogens with one attached hydrogen (secondary N) is 1. The van der Waals surface area contributed by atoms with Crippen LogP contribution in [0.15, 0.2) is 36.7 Å². The van der Waals surface area contributed by atoms with Crippen molar-refractivity contribution in [3.63, 3.8) is 0 Å². The van der Waals surface area contributed by atoms with Gasteiger partial charge in [-0.1, -0.05) is 18.2 Å². The van der Waals surface area contributed by atoms with Crippen LogP contribution in [0.2, 0.25) is 0 Å². The Balaban J connectivity index is 2.02. The molecule has 5 nitrogen and oxygen atoms in total. The Kier molecular flexibility index (Phi) is 4.29. The lowest BCUT2D eigenvalue weighted by atomic mass is 10.1. The molecule has 2 aromatic rings. The Labute approximate surface area is 113 Å². The molecule has 0 saturated carbocycles. The summed E-state index contributed by atoms with van der Waals surface area (Å²) in [6.07, 6.45) is 0.414. The number of carboxylic acid groups (broad SMARTS) is 1. The summed E-state index contributed by atoms with van der Waals surface area (Å²) in [7, 11) is 0. The molecule has 1 heterocycles. The summed E-state index contributed by atoms with van der Waals surface area (Å²) in [6.45, 7) is -0.184. The summed E-state index contributed by atoms with van der Waals surface area (Å²) in [6, 6.07) is 6.59. The summed E-state index contributed by atoms with van der Waals surface area (Å²) in [5, 5.41) is 15.8. The number of nitrogens with zero attached hydrogens (tertiary/aromatic N) is 2. The molecule has 0 radical (unpaired) electrons. The molecule has 0 bridgehead atoms. The highest BCUT2D eigenvalue weighted by atomic mass is 19.3. The molecule has 0 spiro atoms. The van der Waals surface area contributed by atoms with E-state index in [1.807, 2.05) is 0 Å². The minimum absolute atomic E-state index is 0.208. The Morgan fingerprint density at radius 2 is 2.15 bits per heavy atom. The second kappa shape index (κ2) is 6.14. The molecule has 0 aliphatic heterocycles. The number of hydrogen-bond acceptors (Lipinski definition) is 3. The van der Waals surface area contributed by atoms with Crippen LogP contribution in [0.25, 0.3) is 0 Å². The first-order valence-electron chi connectivity index (χ1n) is 5.92. The number of hydrogen-bond donors (Lipinski definition) is 2. The monoisotopic (exact) mass is 281 g/mol. The predicted molar refractivity (Wildman–Crippen MR) is 69.0 cm³/mol. The van der Waals surface area contributed by atoms with E-state index in [1.165, 1.54) is 18.5 Å². The number of aromatic carboxylic acids is 1. The Morgan fingerprint density at radius 3 is 2.85 bits per heavy atom. The molecule has 2 rings (SSSR count). The number of anilines is 1. The van der Waals surface area contributed by atoms with E-state index in [0.717, 1.165) is 4.68 Å². The van der Waals surface area contributed by atoms with Crippen LogP contribution >= 0.6 is 0 Å². The normalized spacial score (nSPS) is 10.8. The molecular weight excluding hydrogens is 268 g/mol. The highest BCUT2D eigenvalue weighted by molar-refractivity contribution is 5.89. The molecule has 2 N–H and O–H groups in total. The predicted octanol–water partition coefficient (Wildman–Crippen LogP) is 2.46. The van der Waals surface area contributed by atoms with Gasteiger partial charge in [-0.15, -0.1) is 0 Å². The highest BCUT2D eigenvalue weighted by Gasteiger charge is 2.09. The van der Waals surface area contributed by atoms with Gasteiger partial charge < -0.3 is 10.4 Å². The van der Waals surface area contributed by atoms with Crippen molar-refractivity contribution < 1.29 is 18.7 Å². The highest BCUT2D eigenvalue weighted by Crippen LogP contribution is 2.13. The standard InChI is InChI=1S/C13H13F2N3O2/c14-12(15)8-18-7-10(6-17-18)16-5-9-3-1-2-4-11(9)13(19)20/h1-4,6-7,12,16H,5,8H2,(H,19,20). The summed E-state index contributed by atoms with van der Waals surface area (Å²) >= 11 is 0. The third-order valence-electron chi connectivity index (χ3n) is 2.69. The van der Waals surface area contributed by atoms with Gasteiger partial charge in [0.05, 0.1) is 17.4 Å². The first kappa shape index (κ1) is 14.0. The van der Waals surface area contributed by atoms with E-state index < -0.39 is 18.9 Å². The van der Waals surface area contributed by atoms with E-state index in [2.05, 4.69) is 10.4 Å². The van der Waals surface area contributed by atoms with Crippen molar-refractivity contribution in [2.24, 2.45) is 0 Å². The molecule has 0 unspecified atom stereocenters. The topological polar surface area (TPSA) is 67.2 Å². The van der Waals surface area contributed by atoms with E-state index in [9.17, 15) is 13.6 Å². The molecule has 1 aromatic carbocycles. The third kappa shape index (κ3) is 3.53. The van der Waals surface area contributed by atoms with Gasteiger partial charge in [0.2, 0.25) is 0 Å². The average molecular weight is 281 g/mol. The molecule has 7 heteroatoms. The Bertz CT molecular complexity index is 599. The van der Waals surface area contributed by atoms with Gasteiger partial charge in [-0.25, -0.2) is 13.6 Å². The Hall–Kier alpha value is -2.44. The summed E-state index contributed by atoms with van der Waals surface area (Å²) < 4.78 is 25.5. The van der Waals surface area contributed by atoms with Crippen molar-refractivity contribution in [1.82, 2.24) is 9.78 Å². The minimum atomic E-state index is -2.46. The zero-order valence-corrected chi connectivity index (χ0v) is 10.5. The second-order valence-electron chi connectivity index (χ2n) is 4.16. The minimum Gasteiger partial charge on any atom is -0.478 e. The van der Waals surface area contributed by atoms with Crippen molar-refractivity contribution in [3.05, 3.63) is 47.8 Å². The molecule has 0 aliphatic rings. The first-order valence-corrected chi connectivity index (χ1v) is 5.92. The van der Waals surface area contributed by atoms with Crippen molar-refractivity contribution in [1.29, 1.82) is 0 Å². The fraction of sp³-hybridized carbons (Fsp3) is 0.231. The smallest absolute Gasteiger partial charge is 0.336 e. The third-order valence-corrected chi connectivity index (χ3v) is 2.69. The molecule has 0 aliphatic carbocycles. The van der Waals surface area contributed by atoms with Crippen LogP contribution in [0, 0.1) is 0 Å². The lowest BCUT2D eigenvalue weighted by Gasteiger charge is -2.07. The van der Waals surface area contributed by atoms with Crippen molar-refractivity contribution >= 4 is 11.7 Å². The SMILES string of the molecule is O=C(O)c1ccccc1CNc1cnn(CC(F)F)c1. The molecule has 106 valence electrons. The van der Waals surface area contributed by atoms with Crippen LogP contribution in [0.4, 0.5) is 14.5 Å². The molecule has 0 fully saturated rings. The summed E-state index contributed by atoms with van der Waals surface area (Å²) in [5.74, 6) is -1.00. The lowest BCUT2D eigenvalue weighted by molar-refractivity contribution is 0.0695. The van der Waals surface area contributed by atoms with Crippen LogP contribution in [0.1, 0.15) is 15.9 Å². The van der Waals surface area contributed by atoms with Crippen LogP contribution in [0.5, 0.6) is 0 Å². The van der Waals surface area contributed by atoms with E-state index in [-0.39, 0.29) is 12.1 Å². The van der Waals surface area contributed by atoms with Crippen LogP contribution < -0.4 is 5.32 Å². The largest absolute Gasteiger partial charge is 0.478 e. The molecule has 0 amide bonds. The summed E-state index contributed by atoms with van der Waals surface area (Å²) in [5.41, 5.74) is 1.38.